The van der Waals surface area contributed by atoms with Gasteiger partial charge in [0.15, 0.2) is 0 Å². The highest BCUT2D eigenvalue weighted by Crippen LogP contribution is 2.26. The molecule has 0 unspecified atom stereocenters. The zero-order valence-electron chi connectivity index (χ0n) is 8.72. The molecule has 1 amide bonds. The first-order valence-electron chi connectivity index (χ1n) is 4.88. The number of rotatable bonds is 2. The molecule has 17 heavy (non-hydrogen) atoms. The Morgan fingerprint density at radius 3 is 2.76 bits per heavy atom. The third-order valence-corrected chi connectivity index (χ3v) is 2.41. The second-order valence-corrected chi connectivity index (χ2v) is 3.74. The zero-order valence-corrected chi connectivity index (χ0v) is 9.48. The molecule has 0 aliphatic carbocycles. The summed E-state index contributed by atoms with van der Waals surface area (Å²) in [4.78, 5) is 15.7. The lowest BCUT2D eigenvalue weighted by Gasteiger charge is -2.06. The van der Waals surface area contributed by atoms with Crippen molar-refractivity contribution in [2.24, 2.45) is 0 Å². The number of amides is 1. The van der Waals surface area contributed by atoms with Gasteiger partial charge in [0.25, 0.3) is 5.91 Å². The van der Waals surface area contributed by atoms with Crippen molar-refractivity contribution in [3.05, 3.63) is 53.3 Å². The van der Waals surface area contributed by atoms with E-state index < -0.39 is 0 Å². The van der Waals surface area contributed by atoms with Crippen LogP contribution in [0.25, 0.3) is 0 Å². The summed E-state index contributed by atoms with van der Waals surface area (Å²) in [6.07, 6.45) is 1.54. The lowest BCUT2D eigenvalue weighted by molar-refractivity contribution is 0.102. The monoisotopic (exact) mass is 248 g/mol. The van der Waals surface area contributed by atoms with E-state index in [0.717, 1.165) is 0 Å². The summed E-state index contributed by atoms with van der Waals surface area (Å²) in [5.74, 6) is -0.302. The number of phenols is 1. The van der Waals surface area contributed by atoms with Crippen molar-refractivity contribution in [3.63, 3.8) is 0 Å². The molecule has 0 saturated carbocycles. The average molecular weight is 249 g/mol. The Morgan fingerprint density at radius 1 is 1.29 bits per heavy atom. The van der Waals surface area contributed by atoms with Crippen LogP contribution in [0, 0.1) is 0 Å². The molecule has 0 fully saturated rings. The van der Waals surface area contributed by atoms with Gasteiger partial charge in [-0.05, 0) is 24.3 Å². The molecule has 0 radical (unpaired) electrons. The quantitative estimate of drug-likeness (QED) is 0.804. The van der Waals surface area contributed by atoms with Crippen molar-refractivity contribution >= 4 is 23.2 Å². The van der Waals surface area contributed by atoms with Crippen molar-refractivity contribution in [1.82, 2.24) is 4.98 Å². The van der Waals surface area contributed by atoms with E-state index in [1.165, 1.54) is 24.4 Å². The second-order valence-electron chi connectivity index (χ2n) is 3.33. The van der Waals surface area contributed by atoms with Crippen molar-refractivity contribution in [2.45, 2.75) is 0 Å². The topological polar surface area (TPSA) is 62.2 Å². The number of anilines is 1. The predicted octanol–water partition coefficient (Wildman–Crippen LogP) is 2.69. The summed E-state index contributed by atoms with van der Waals surface area (Å²) in [5, 5.41) is 12.1. The number of phenolic OH excluding ortho intramolecular Hbond substituents is 1. The summed E-state index contributed by atoms with van der Waals surface area (Å²) < 4.78 is 0. The largest absolute Gasteiger partial charge is 0.508 e. The third kappa shape index (κ3) is 2.73. The van der Waals surface area contributed by atoms with Gasteiger partial charge >= 0.3 is 0 Å². The fraction of sp³-hybridized carbons (Fsp3) is 0. The number of nitrogens with zero attached hydrogens (tertiary/aromatic N) is 1. The molecule has 2 aromatic rings. The molecule has 4 nitrogen and oxygen atoms in total. The number of benzene rings is 1. The molecule has 1 heterocycles. The fourth-order valence-corrected chi connectivity index (χ4v) is 1.51. The van der Waals surface area contributed by atoms with Gasteiger partial charge in [-0.15, -0.1) is 0 Å². The summed E-state index contributed by atoms with van der Waals surface area (Å²) >= 11 is 5.87. The fourth-order valence-electron chi connectivity index (χ4n) is 1.29. The molecule has 0 bridgehead atoms. The van der Waals surface area contributed by atoms with E-state index >= 15 is 0 Å². The molecular weight excluding hydrogens is 240 g/mol. The van der Waals surface area contributed by atoms with Crippen LogP contribution in [-0.4, -0.2) is 16.0 Å². The van der Waals surface area contributed by atoms with Crippen LogP contribution in [0.2, 0.25) is 5.02 Å². The predicted molar refractivity (Wildman–Crippen MR) is 65.3 cm³/mol. The Balaban J connectivity index is 2.19. The molecule has 0 atom stereocenters. The van der Waals surface area contributed by atoms with Crippen LogP contribution in [0.5, 0.6) is 5.75 Å². The average Bonchev–Trinajstić information content (AvgIpc) is 2.34. The molecule has 1 aromatic heterocycles. The van der Waals surface area contributed by atoms with Gasteiger partial charge in [0, 0.05) is 12.3 Å². The van der Waals surface area contributed by atoms with E-state index in [2.05, 4.69) is 10.3 Å². The van der Waals surface area contributed by atoms with Crippen LogP contribution >= 0.6 is 11.6 Å². The van der Waals surface area contributed by atoms with Crippen molar-refractivity contribution in [3.8, 4) is 5.75 Å². The minimum Gasteiger partial charge on any atom is -0.508 e. The molecule has 2 N–H and O–H groups in total. The smallest absolute Gasteiger partial charge is 0.274 e. The molecular formula is C12H9ClN2O2. The zero-order chi connectivity index (χ0) is 12.3. The van der Waals surface area contributed by atoms with Gasteiger partial charge in [-0.25, -0.2) is 0 Å². The number of nitrogens with one attached hydrogen (secondary N) is 1. The van der Waals surface area contributed by atoms with E-state index in [1.54, 1.807) is 18.2 Å². The van der Waals surface area contributed by atoms with E-state index in [1.807, 2.05) is 0 Å². The van der Waals surface area contributed by atoms with Gasteiger partial charge in [-0.2, -0.15) is 0 Å². The number of carbonyl (C=O) groups excluding carboxylic acids is 1. The second kappa shape index (κ2) is 4.84. The van der Waals surface area contributed by atoms with E-state index in [4.69, 9.17) is 11.6 Å². The number of pyridine rings is 1. The number of hydrogen-bond acceptors (Lipinski definition) is 3. The van der Waals surface area contributed by atoms with Crippen LogP contribution in [-0.2, 0) is 0 Å². The van der Waals surface area contributed by atoms with Gasteiger partial charge in [0.1, 0.15) is 11.4 Å². The molecule has 1 aromatic carbocycles. The maximum atomic E-state index is 11.8. The lowest BCUT2D eigenvalue weighted by Crippen LogP contribution is -2.13. The first-order chi connectivity index (χ1) is 8.16. The first kappa shape index (κ1) is 11.4. The first-order valence-corrected chi connectivity index (χ1v) is 5.25. The van der Waals surface area contributed by atoms with Gasteiger partial charge in [0.2, 0.25) is 0 Å². The Hall–Kier alpha value is -2.07. The highest BCUT2D eigenvalue weighted by atomic mass is 35.5. The maximum absolute atomic E-state index is 11.8. The molecule has 2 rings (SSSR count). The Kier molecular flexibility index (Phi) is 3.25. The summed E-state index contributed by atoms with van der Waals surface area (Å²) in [6.45, 7) is 0. The third-order valence-electron chi connectivity index (χ3n) is 2.10. The van der Waals surface area contributed by atoms with Crippen LogP contribution in [0.1, 0.15) is 10.5 Å². The molecule has 0 saturated heterocycles. The normalized spacial score (nSPS) is 9.94. The molecule has 5 heteroatoms. The number of hydrogen-bond donors (Lipinski definition) is 2. The van der Waals surface area contributed by atoms with Crippen molar-refractivity contribution in [1.29, 1.82) is 0 Å². The Morgan fingerprint density at radius 2 is 2.12 bits per heavy atom. The van der Waals surface area contributed by atoms with Gasteiger partial charge in [-0.3, -0.25) is 9.78 Å². The number of aromatic hydroxyl groups is 1. The molecule has 86 valence electrons. The molecule has 0 aliphatic heterocycles. The maximum Gasteiger partial charge on any atom is 0.274 e. The summed E-state index contributed by atoms with van der Waals surface area (Å²) in [7, 11) is 0. The highest BCUT2D eigenvalue weighted by Gasteiger charge is 2.09. The standard InChI is InChI=1S/C12H9ClN2O2/c13-9-7-8(16)4-5-10(9)15-12(17)11-3-1-2-6-14-11/h1-7,16H,(H,15,17). The van der Waals surface area contributed by atoms with Gasteiger partial charge in [-0.1, -0.05) is 17.7 Å². The van der Waals surface area contributed by atoms with E-state index in [9.17, 15) is 9.90 Å². The minimum atomic E-state index is -0.349. The van der Waals surface area contributed by atoms with Crippen molar-refractivity contribution < 1.29 is 9.90 Å². The van der Waals surface area contributed by atoms with Crippen LogP contribution in [0.15, 0.2) is 42.6 Å². The van der Waals surface area contributed by atoms with Crippen LogP contribution in [0.4, 0.5) is 5.69 Å². The minimum absolute atomic E-state index is 0.0471. The van der Waals surface area contributed by atoms with E-state index in [0.29, 0.717) is 11.4 Å². The summed E-state index contributed by atoms with van der Waals surface area (Å²) in [5.41, 5.74) is 0.733. The number of carbonyl (C=O) groups is 1. The highest BCUT2D eigenvalue weighted by molar-refractivity contribution is 6.34. The Bertz CT molecular complexity index is 543. The Labute approximate surface area is 103 Å². The van der Waals surface area contributed by atoms with Gasteiger partial charge < -0.3 is 10.4 Å². The number of aromatic nitrogens is 1. The SMILES string of the molecule is O=C(Nc1ccc(O)cc1Cl)c1ccccn1. The van der Waals surface area contributed by atoms with Crippen molar-refractivity contribution in [2.75, 3.05) is 5.32 Å². The van der Waals surface area contributed by atoms with Crippen LogP contribution in [0.3, 0.4) is 0 Å². The van der Waals surface area contributed by atoms with E-state index in [-0.39, 0.29) is 16.7 Å². The molecule has 0 aliphatic rings. The number of halogens is 1. The lowest BCUT2D eigenvalue weighted by atomic mass is 10.3. The molecule has 0 spiro atoms. The summed E-state index contributed by atoms with van der Waals surface area (Å²) in [6, 6.07) is 9.38. The van der Waals surface area contributed by atoms with Crippen LogP contribution < -0.4 is 5.32 Å². The van der Waals surface area contributed by atoms with Gasteiger partial charge in [0.05, 0.1) is 10.7 Å².